The Labute approximate surface area is 127 Å². The van der Waals surface area contributed by atoms with Crippen molar-refractivity contribution in [3.8, 4) is 0 Å². The summed E-state index contributed by atoms with van der Waals surface area (Å²) >= 11 is 0. The zero-order valence-electron chi connectivity index (χ0n) is 12.7. The van der Waals surface area contributed by atoms with Gasteiger partial charge in [-0.15, -0.1) is 0 Å². The van der Waals surface area contributed by atoms with Crippen molar-refractivity contribution in [1.82, 2.24) is 9.55 Å². The van der Waals surface area contributed by atoms with Crippen LogP contribution in [-0.2, 0) is 6.54 Å². The van der Waals surface area contributed by atoms with E-state index in [0.29, 0.717) is 0 Å². The molecule has 0 aliphatic heterocycles. The predicted octanol–water partition coefficient (Wildman–Crippen LogP) is 4.35. The quantitative estimate of drug-likeness (QED) is 0.659. The first-order valence-corrected chi connectivity index (χ1v) is 8.05. The maximum Gasteiger partial charge on any atom is 0.0945 e. The average molecular weight is 286 g/mol. The lowest BCUT2D eigenvalue weighted by Crippen LogP contribution is -1.97. The molecule has 0 saturated carbocycles. The van der Waals surface area contributed by atoms with Crippen molar-refractivity contribution in [2.75, 3.05) is 0 Å². The number of aromatic nitrogens is 2. The van der Waals surface area contributed by atoms with E-state index in [0.717, 1.165) is 24.9 Å². The molecule has 3 nitrogen and oxygen atoms in total. The van der Waals surface area contributed by atoms with Gasteiger partial charge in [0, 0.05) is 18.9 Å². The molecule has 1 unspecified atom stereocenters. The summed E-state index contributed by atoms with van der Waals surface area (Å²) in [5.41, 5.74) is 1.04. The van der Waals surface area contributed by atoms with Gasteiger partial charge in [0.25, 0.3) is 0 Å². The van der Waals surface area contributed by atoms with E-state index in [1.807, 2.05) is 49.1 Å². The molecular weight excluding hydrogens is 260 g/mol. The van der Waals surface area contributed by atoms with Crippen LogP contribution in [0, 0.1) is 0 Å². The number of aliphatic hydroxyl groups excluding tert-OH is 1. The van der Waals surface area contributed by atoms with Crippen LogP contribution in [-0.4, -0.2) is 14.7 Å². The topological polar surface area (TPSA) is 38.0 Å². The summed E-state index contributed by atoms with van der Waals surface area (Å²) in [5.74, 6) is 0. The fraction of sp³-hybridized carbons (Fsp3) is 0.500. The first-order chi connectivity index (χ1) is 10.4. The first-order valence-electron chi connectivity index (χ1n) is 8.05. The average Bonchev–Trinajstić information content (AvgIpc) is 3.04. The second-order valence-electron chi connectivity index (χ2n) is 5.64. The molecule has 0 aliphatic carbocycles. The predicted molar refractivity (Wildman–Crippen MR) is 85.9 cm³/mol. The summed E-state index contributed by atoms with van der Waals surface area (Å²) in [4.78, 5) is 4.04. The van der Waals surface area contributed by atoms with Crippen LogP contribution in [0.25, 0.3) is 0 Å². The molecule has 2 rings (SSSR count). The molecule has 0 aliphatic rings. The Kier molecular flexibility index (Phi) is 7.02. The highest BCUT2D eigenvalue weighted by molar-refractivity contribution is 5.16. The van der Waals surface area contributed by atoms with E-state index in [1.54, 1.807) is 0 Å². The maximum absolute atomic E-state index is 10.1. The van der Waals surface area contributed by atoms with Crippen LogP contribution in [0.4, 0.5) is 0 Å². The third-order valence-electron chi connectivity index (χ3n) is 3.89. The van der Waals surface area contributed by atoms with Crippen LogP contribution >= 0.6 is 0 Å². The van der Waals surface area contributed by atoms with E-state index >= 15 is 0 Å². The first kappa shape index (κ1) is 15.8. The van der Waals surface area contributed by atoms with Gasteiger partial charge in [-0.05, 0) is 18.4 Å². The highest BCUT2D eigenvalue weighted by atomic mass is 16.3. The number of imidazole rings is 1. The van der Waals surface area contributed by atoms with E-state index in [-0.39, 0.29) is 6.10 Å². The molecule has 0 fully saturated rings. The van der Waals surface area contributed by atoms with E-state index in [9.17, 15) is 5.11 Å². The molecular formula is C18H26N2O. The standard InChI is InChI=1S/C18H26N2O/c21-18(17-10-6-5-7-11-17)12-8-3-1-2-4-9-14-20-15-13-19-16-20/h5-7,10-11,13,15-16,18,21H,1-4,8-9,12,14H2. The van der Waals surface area contributed by atoms with Gasteiger partial charge in [0.15, 0.2) is 0 Å². The Morgan fingerprint density at radius 2 is 1.67 bits per heavy atom. The lowest BCUT2D eigenvalue weighted by molar-refractivity contribution is 0.163. The van der Waals surface area contributed by atoms with Crippen molar-refractivity contribution in [2.24, 2.45) is 0 Å². The summed E-state index contributed by atoms with van der Waals surface area (Å²) in [7, 11) is 0. The third kappa shape index (κ3) is 6.13. The summed E-state index contributed by atoms with van der Waals surface area (Å²) in [6.45, 7) is 1.08. The lowest BCUT2D eigenvalue weighted by Gasteiger charge is -2.10. The number of nitrogens with zero attached hydrogens (tertiary/aromatic N) is 2. The van der Waals surface area contributed by atoms with Crippen molar-refractivity contribution in [3.05, 3.63) is 54.6 Å². The molecule has 0 spiro atoms. The van der Waals surface area contributed by atoms with Crippen molar-refractivity contribution < 1.29 is 5.11 Å². The van der Waals surface area contributed by atoms with Crippen LogP contribution in [0.3, 0.4) is 0 Å². The highest BCUT2D eigenvalue weighted by Crippen LogP contribution is 2.19. The van der Waals surface area contributed by atoms with E-state index in [4.69, 9.17) is 0 Å². The van der Waals surface area contributed by atoms with Crippen molar-refractivity contribution in [2.45, 2.75) is 57.6 Å². The Balaban J connectivity index is 1.45. The molecule has 1 N–H and O–H groups in total. The Morgan fingerprint density at radius 1 is 0.952 bits per heavy atom. The molecule has 1 aromatic heterocycles. The van der Waals surface area contributed by atoms with Crippen LogP contribution in [0.1, 0.15) is 56.6 Å². The van der Waals surface area contributed by atoms with Gasteiger partial charge >= 0.3 is 0 Å². The third-order valence-corrected chi connectivity index (χ3v) is 3.89. The van der Waals surface area contributed by atoms with Gasteiger partial charge in [0.1, 0.15) is 0 Å². The van der Waals surface area contributed by atoms with Crippen molar-refractivity contribution >= 4 is 0 Å². The van der Waals surface area contributed by atoms with Gasteiger partial charge in [-0.2, -0.15) is 0 Å². The minimum atomic E-state index is -0.299. The molecule has 1 aromatic carbocycles. The van der Waals surface area contributed by atoms with E-state index in [2.05, 4.69) is 9.55 Å². The fourth-order valence-corrected chi connectivity index (χ4v) is 2.60. The molecule has 2 aromatic rings. The normalized spacial score (nSPS) is 12.4. The van der Waals surface area contributed by atoms with Gasteiger partial charge < -0.3 is 9.67 Å². The summed E-state index contributed by atoms with van der Waals surface area (Å²) in [6.07, 6.45) is 13.7. The van der Waals surface area contributed by atoms with Gasteiger partial charge in [0.05, 0.1) is 12.4 Å². The van der Waals surface area contributed by atoms with Crippen LogP contribution in [0.5, 0.6) is 0 Å². The SMILES string of the molecule is OC(CCCCCCCCn1ccnc1)c1ccccc1. The summed E-state index contributed by atoms with van der Waals surface area (Å²) in [6, 6.07) is 9.96. The van der Waals surface area contributed by atoms with Crippen LogP contribution in [0.2, 0.25) is 0 Å². The molecule has 1 heterocycles. The minimum Gasteiger partial charge on any atom is -0.388 e. The molecule has 0 saturated heterocycles. The maximum atomic E-state index is 10.1. The van der Waals surface area contributed by atoms with E-state index < -0.39 is 0 Å². The van der Waals surface area contributed by atoms with Gasteiger partial charge in [-0.25, -0.2) is 4.98 Å². The smallest absolute Gasteiger partial charge is 0.0945 e. The fourth-order valence-electron chi connectivity index (χ4n) is 2.60. The van der Waals surface area contributed by atoms with Gasteiger partial charge in [-0.1, -0.05) is 62.4 Å². The number of unbranched alkanes of at least 4 members (excludes halogenated alkanes) is 5. The van der Waals surface area contributed by atoms with Gasteiger partial charge in [-0.3, -0.25) is 0 Å². The minimum absolute atomic E-state index is 0.299. The highest BCUT2D eigenvalue weighted by Gasteiger charge is 2.05. The molecule has 3 heteroatoms. The second kappa shape index (κ2) is 9.35. The largest absolute Gasteiger partial charge is 0.388 e. The number of benzene rings is 1. The molecule has 0 bridgehead atoms. The van der Waals surface area contributed by atoms with Crippen LogP contribution < -0.4 is 0 Å². The number of aliphatic hydroxyl groups is 1. The van der Waals surface area contributed by atoms with Crippen LogP contribution in [0.15, 0.2) is 49.1 Å². The molecule has 0 amide bonds. The monoisotopic (exact) mass is 286 g/mol. The Morgan fingerprint density at radius 3 is 2.38 bits per heavy atom. The zero-order valence-corrected chi connectivity index (χ0v) is 12.7. The Hall–Kier alpha value is -1.61. The Bertz CT molecular complexity index is 467. The second-order valence-corrected chi connectivity index (χ2v) is 5.64. The number of hydrogen-bond donors (Lipinski definition) is 1. The summed E-state index contributed by atoms with van der Waals surface area (Å²) in [5, 5.41) is 10.1. The molecule has 1 atom stereocenters. The number of aryl methyl sites for hydroxylation is 1. The van der Waals surface area contributed by atoms with E-state index in [1.165, 1.54) is 32.1 Å². The molecule has 0 radical (unpaired) electrons. The van der Waals surface area contributed by atoms with Gasteiger partial charge in [0.2, 0.25) is 0 Å². The van der Waals surface area contributed by atoms with Crippen molar-refractivity contribution in [3.63, 3.8) is 0 Å². The van der Waals surface area contributed by atoms with Crippen molar-refractivity contribution in [1.29, 1.82) is 0 Å². The molecule has 114 valence electrons. The lowest BCUT2D eigenvalue weighted by atomic mass is 10.0. The number of hydrogen-bond acceptors (Lipinski definition) is 2. The molecule has 21 heavy (non-hydrogen) atoms. The summed E-state index contributed by atoms with van der Waals surface area (Å²) < 4.78 is 2.14. The number of rotatable bonds is 10. The zero-order chi connectivity index (χ0) is 14.8.